The summed E-state index contributed by atoms with van der Waals surface area (Å²) < 4.78 is 19.9. The highest BCUT2D eigenvalue weighted by molar-refractivity contribution is 5.82. The van der Waals surface area contributed by atoms with Crippen molar-refractivity contribution in [2.75, 3.05) is 13.2 Å². The summed E-state index contributed by atoms with van der Waals surface area (Å²) in [4.78, 5) is 0. The molecule has 0 radical (unpaired) electrons. The summed E-state index contributed by atoms with van der Waals surface area (Å²) in [6.07, 6.45) is 8.71. The lowest BCUT2D eigenvalue weighted by Crippen LogP contribution is -2.35. The standard InChI is InChI=1S/C40H46O3/c1-3-29(2)30-21-24-34(25-22-30)43-40(38-26-23-33-17-10-11-18-35(33)38)42-28-27-41-39-36(31-13-6-4-7-14-31)19-12-20-37(39)32-15-8-5-9-16-32/h4-9,12-16,19-22,24-25,29,33,35,38,40H,3,10-11,17-18,23,26-28H2,1-2H3. The molecule has 2 aliphatic carbocycles. The molecule has 4 aromatic rings. The van der Waals surface area contributed by atoms with E-state index in [0.717, 1.165) is 46.1 Å². The van der Waals surface area contributed by atoms with E-state index < -0.39 is 0 Å². The van der Waals surface area contributed by atoms with Crippen LogP contribution in [0.2, 0.25) is 0 Å². The molecule has 0 aromatic heterocycles. The zero-order chi connectivity index (χ0) is 29.4. The van der Waals surface area contributed by atoms with Crippen LogP contribution in [0, 0.1) is 17.8 Å². The fourth-order valence-corrected chi connectivity index (χ4v) is 7.30. The number of fused-ring (bicyclic) bond motifs is 1. The second-order valence-corrected chi connectivity index (χ2v) is 12.4. The minimum absolute atomic E-state index is 0.260. The van der Waals surface area contributed by atoms with Crippen molar-refractivity contribution < 1.29 is 14.2 Å². The van der Waals surface area contributed by atoms with Gasteiger partial charge in [0, 0.05) is 17.0 Å². The fourth-order valence-electron chi connectivity index (χ4n) is 7.30. The van der Waals surface area contributed by atoms with Gasteiger partial charge in [-0.05, 0) is 72.3 Å². The molecule has 0 aliphatic heterocycles. The molecule has 2 aliphatic rings. The SMILES string of the molecule is CCC(C)c1ccc(OC(OCCOc2c(-c3ccccc3)cccc2-c2ccccc2)C2CCC3CCCCC32)cc1. The molecule has 0 spiro atoms. The van der Waals surface area contributed by atoms with Crippen molar-refractivity contribution in [3.05, 3.63) is 109 Å². The van der Waals surface area contributed by atoms with Crippen LogP contribution in [-0.2, 0) is 4.74 Å². The molecule has 4 aromatic carbocycles. The molecule has 6 rings (SSSR count). The van der Waals surface area contributed by atoms with Gasteiger partial charge >= 0.3 is 0 Å². The van der Waals surface area contributed by atoms with Crippen molar-refractivity contribution in [3.63, 3.8) is 0 Å². The summed E-state index contributed by atoms with van der Waals surface area (Å²) in [5.41, 5.74) is 5.84. The maximum absolute atomic E-state index is 6.68. The van der Waals surface area contributed by atoms with E-state index in [2.05, 4.69) is 117 Å². The van der Waals surface area contributed by atoms with Crippen molar-refractivity contribution in [3.8, 4) is 33.8 Å². The summed E-state index contributed by atoms with van der Waals surface area (Å²) in [5.74, 6) is 4.30. The van der Waals surface area contributed by atoms with E-state index in [9.17, 15) is 0 Å². The minimum Gasteiger partial charge on any atom is -0.490 e. The second kappa shape index (κ2) is 14.3. The average molecular weight is 575 g/mol. The summed E-state index contributed by atoms with van der Waals surface area (Å²) in [7, 11) is 0. The third kappa shape index (κ3) is 6.99. The van der Waals surface area contributed by atoms with Gasteiger partial charge in [0.05, 0.1) is 6.61 Å². The van der Waals surface area contributed by atoms with E-state index in [1.54, 1.807) is 0 Å². The van der Waals surface area contributed by atoms with Gasteiger partial charge in [-0.25, -0.2) is 0 Å². The number of rotatable bonds is 12. The third-order valence-corrected chi connectivity index (χ3v) is 9.85. The van der Waals surface area contributed by atoms with Gasteiger partial charge in [0.2, 0.25) is 6.29 Å². The Morgan fingerprint density at radius 3 is 1.98 bits per heavy atom. The van der Waals surface area contributed by atoms with Crippen LogP contribution in [0.1, 0.15) is 70.3 Å². The predicted molar refractivity (Wildman–Crippen MR) is 176 cm³/mol. The fraction of sp³-hybridized carbons (Fsp3) is 0.400. The molecule has 0 bridgehead atoms. The largest absolute Gasteiger partial charge is 0.490 e. The van der Waals surface area contributed by atoms with Gasteiger partial charge in [0.15, 0.2) is 0 Å². The maximum atomic E-state index is 6.68. The number of hydrogen-bond acceptors (Lipinski definition) is 3. The Balaban J connectivity index is 1.20. The predicted octanol–water partition coefficient (Wildman–Crippen LogP) is 10.6. The molecule has 0 saturated heterocycles. The van der Waals surface area contributed by atoms with Gasteiger partial charge in [-0.1, -0.05) is 124 Å². The van der Waals surface area contributed by atoms with E-state index in [0.29, 0.717) is 31.0 Å². The third-order valence-electron chi connectivity index (χ3n) is 9.85. The Bertz CT molecular complexity index is 1360. The van der Waals surface area contributed by atoms with Gasteiger partial charge in [0.25, 0.3) is 0 Å². The van der Waals surface area contributed by atoms with Gasteiger partial charge in [-0.15, -0.1) is 0 Å². The van der Waals surface area contributed by atoms with Crippen LogP contribution in [0.3, 0.4) is 0 Å². The van der Waals surface area contributed by atoms with Gasteiger partial charge in [-0.2, -0.15) is 0 Å². The molecular weight excluding hydrogens is 528 g/mol. The van der Waals surface area contributed by atoms with E-state index in [-0.39, 0.29) is 6.29 Å². The van der Waals surface area contributed by atoms with Crippen LogP contribution in [0.5, 0.6) is 11.5 Å². The number of ether oxygens (including phenoxy) is 3. The topological polar surface area (TPSA) is 27.7 Å². The van der Waals surface area contributed by atoms with Crippen LogP contribution >= 0.6 is 0 Å². The van der Waals surface area contributed by atoms with E-state index >= 15 is 0 Å². The molecule has 3 heteroatoms. The van der Waals surface area contributed by atoms with Crippen molar-refractivity contribution in [2.24, 2.45) is 17.8 Å². The van der Waals surface area contributed by atoms with Crippen molar-refractivity contribution in [2.45, 2.75) is 71.0 Å². The Kier molecular flexibility index (Phi) is 9.80. The molecule has 0 amide bonds. The van der Waals surface area contributed by atoms with Gasteiger partial charge in [0.1, 0.15) is 18.1 Å². The molecule has 224 valence electrons. The van der Waals surface area contributed by atoms with E-state index in [1.807, 2.05) is 0 Å². The molecular formula is C40H46O3. The first kappa shape index (κ1) is 29.5. The lowest BCUT2D eigenvalue weighted by molar-refractivity contribution is -0.132. The molecule has 0 heterocycles. The lowest BCUT2D eigenvalue weighted by Gasteiger charge is -2.33. The molecule has 0 N–H and O–H groups in total. The van der Waals surface area contributed by atoms with Crippen LogP contribution < -0.4 is 9.47 Å². The summed E-state index contributed by atoms with van der Waals surface area (Å²) in [6.45, 7) is 5.45. The van der Waals surface area contributed by atoms with Crippen LogP contribution in [-0.4, -0.2) is 19.5 Å². The highest BCUT2D eigenvalue weighted by atomic mass is 16.7. The maximum Gasteiger partial charge on any atom is 0.203 e. The summed E-state index contributed by atoms with van der Waals surface area (Å²) in [5, 5.41) is 0. The average Bonchev–Trinajstić information content (AvgIpc) is 3.51. The molecule has 3 nitrogen and oxygen atoms in total. The normalized spacial score (nSPS) is 21.1. The van der Waals surface area contributed by atoms with Crippen LogP contribution in [0.15, 0.2) is 103 Å². The second-order valence-electron chi connectivity index (χ2n) is 12.4. The van der Waals surface area contributed by atoms with Crippen molar-refractivity contribution in [1.29, 1.82) is 0 Å². The number of benzene rings is 4. The Morgan fingerprint density at radius 1 is 0.674 bits per heavy atom. The lowest BCUT2D eigenvalue weighted by atomic mass is 9.78. The van der Waals surface area contributed by atoms with E-state index in [1.165, 1.54) is 44.1 Å². The Hall–Kier alpha value is -3.56. The van der Waals surface area contributed by atoms with Crippen molar-refractivity contribution in [1.82, 2.24) is 0 Å². The zero-order valence-corrected chi connectivity index (χ0v) is 25.8. The van der Waals surface area contributed by atoms with Crippen molar-refractivity contribution >= 4 is 0 Å². The minimum atomic E-state index is -0.260. The molecule has 5 atom stereocenters. The molecule has 43 heavy (non-hydrogen) atoms. The highest BCUT2D eigenvalue weighted by Gasteiger charge is 2.42. The van der Waals surface area contributed by atoms with Gasteiger partial charge < -0.3 is 14.2 Å². The quantitative estimate of drug-likeness (QED) is 0.124. The van der Waals surface area contributed by atoms with E-state index in [4.69, 9.17) is 14.2 Å². The highest BCUT2D eigenvalue weighted by Crippen LogP contribution is 2.48. The summed E-state index contributed by atoms with van der Waals surface area (Å²) in [6, 6.07) is 36.1. The van der Waals surface area contributed by atoms with Crippen LogP contribution in [0.4, 0.5) is 0 Å². The monoisotopic (exact) mass is 574 g/mol. The Labute approximate surface area is 258 Å². The Morgan fingerprint density at radius 2 is 1.33 bits per heavy atom. The smallest absolute Gasteiger partial charge is 0.203 e. The van der Waals surface area contributed by atoms with Crippen LogP contribution in [0.25, 0.3) is 22.3 Å². The first-order valence-corrected chi connectivity index (χ1v) is 16.5. The number of para-hydroxylation sites is 1. The molecule has 2 fully saturated rings. The molecule has 2 saturated carbocycles. The summed E-state index contributed by atoms with van der Waals surface area (Å²) >= 11 is 0. The first-order valence-electron chi connectivity index (χ1n) is 16.5. The van der Waals surface area contributed by atoms with Gasteiger partial charge in [-0.3, -0.25) is 0 Å². The molecule has 5 unspecified atom stereocenters. The first-order chi connectivity index (χ1) is 21.2. The number of hydrogen-bond donors (Lipinski definition) is 0. The zero-order valence-electron chi connectivity index (χ0n) is 25.8.